The molecule has 0 spiro atoms. The van der Waals surface area contributed by atoms with Crippen LogP contribution in [0.2, 0.25) is 5.02 Å². The van der Waals surface area contributed by atoms with Gasteiger partial charge in [-0.25, -0.2) is 4.99 Å². The number of amides is 1. The van der Waals surface area contributed by atoms with Gasteiger partial charge in [-0.2, -0.15) is 0 Å². The van der Waals surface area contributed by atoms with E-state index in [1.807, 2.05) is 62.4 Å². The quantitative estimate of drug-likeness (QED) is 0.302. The average molecular weight is 523 g/mol. The highest BCUT2D eigenvalue weighted by Gasteiger charge is 2.32. The Morgan fingerprint density at radius 2 is 1.83 bits per heavy atom. The summed E-state index contributed by atoms with van der Waals surface area (Å²) in [7, 11) is 3.18. The van der Waals surface area contributed by atoms with Gasteiger partial charge in [0.1, 0.15) is 12.4 Å². The lowest BCUT2D eigenvalue weighted by atomic mass is 10.1. The van der Waals surface area contributed by atoms with Crippen molar-refractivity contribution in [3.63, 3.8) is 0 Å². The van der Waals surface area contributed by atoms with E-state index in [0.717, 1.165) is 28.1 Å². The van der Waals surface area contributed by atoms with Crippen molar-refractivity contribution in [1.82, 2.24) is 4.90 Å². The van der Waals surface area contributed by atoms with Crippen LogP contribution in [0, 0.1) is 6.92 Å². The smallest absolute Gasteiger partial charge is 0.266 e. The van der Waals surface area contributed by atoms with E-state index in [4.69, 9.17) is 25.8 Å². The summed E-state index contributed by atoms with van der Waals surface area (Å²) in [6.45, 7) is 4.83. The number of aliphatic imine (C=N–C) groups is 1. The predicted octanol–water partition coefficient (Wildman–Crippen LogP) is 6.87. The largest absolute Gasteiger partial charge is 0.497 e. The maximum absolute atomic E-state index is 13.1. The third kappa shape index (κ3) is 5.86. The molecular weight excluding hydrogens is 496 g/mol. The Bertz CT molecular complexity index is 1320. The summed E-state index contributed by atoms with van der Waals surface area (Å²) in [5.41, 5.74) is 3.67. The van der Waals surface area contributed by atoms with Gasteiger partial charge >= 0.3 is 0 Å². The molecule has 1 aliphatic heterocycles. The lowest BCUT2D eigenvalue weighted by Gasteiger charge is -2.14. The van der Waals surface area contributed by atoms with Gasteiger partial charge in [0.05, 0.1) is 29.8 Å². The topological polar surface area (TPSA) is 60.4 Å². The maximum atomic E-state index is 13.1. The van der Waals surface area contributed by atoms with Crippen molar-refractivity contribution in [2.24, 2.45) is 4.99 Å². The highest BCUT2D eigenvalue weighted by atomic mass is 35.5. The zero-order valence-corrected chi connectivity index (χ0v) is 22.2. The Labute approximate surface area is 220 Å². The van der Waals surface area contributed by atoms with Gasteiger partial charge < -0.3 is 14.2 Å². The fourth-order valence-electron chi connectivity index (χ4n) is 3.71. The molecule has 0 aliphatic carbocycles. The molecule has 1 amide bonds. The van der Waals surface area contributed by atoms with Crippen molar-refractivity contribution in [3.8, 4) is 17.2 Å². The lowest BCUT2D eigenvalue weighted by molar-refractivity contribution is -0.122. The molecule has 0 aromatic heterocycles. The first-order valence-electron chi connectivity index (χ1n) is 11.4. The molecule has 3 aromatic carbocycles. The summed E-state index contributed by atoms with van der Waals surface area (Å²) in [4.78, 5) is 20.0. The molecule has 4 rings (SSSR count). The Hall–Kier alpha value is -3.42. The van der Waals surface area contributed by atoms with Crippen molar-refractivity contribution < 1.29 is 19.0 Å². The van der Waals surface area contributed by atoms with Crippen LogP contribution in [0.5, 0.6) is 17.2 Å². The summed E-state index contributed by atoms with van der Waals surface area (Å²) in [5.74, 6) is 1.60. The molecule has 1 saturated heterocycles. The standard InChI is InChI=1S/C28H27ClN2O4S/c1-5-31-27(32)25(36-28(31)30-21-9-11-22(33-3)12-10-21)16-20-14-23(29)26(24(15-20)34-4)35-17-19-8-6-7-18(2)13-19/h6-16H,5,17H2,1-4H3/b25-16+,30-28?. The van der Waals surface area contributed by atoms with E-state index in [0.29, 0.717) is 39.7 Å². The molecule has 0 saturated carbocycles. The number of hydrogen-bond acceptors (Lipinski definition) is 6. The van der Waals surface area contributed by atoms with Crippen molar-refractivity contribution in [2.45, 2.75) is 20.5 Å². The first-order valence-corrected chi connectivity index (χ1v) is 12.6. The first kappa shape index (κ1) is 25.7. The number of methoxy groups -OCH3 is 2. The Morgan fingerprint density at radius 1 is 1.06 bits per heavy atom. The second-order valence-corrected chi connectivity index (χ2v) is 9.48. The second kappa shape index (κ2) is 11.5. The van der Waals surface area contributed by atoms with Gasteiger partial charge in [0.25, 0.3) is 5.91 Å². The summed E-state index contributed by atoms with van der Waals surface area (Å²) in [6, 6.07) is 19.1. The van der Waals surface area contributed by atoms with Gasteiger partial charge in [-0.05, 0) is 79.2 Å². The van der Waals surface area contributed by atoms with Gasteiger partial charge in [0, 0.05) is 6.54 Å². The molecule has 8 heteroatoms. The molecule has 0 N–H and O–H groups in total. The van der Waals surface area contributed by atoms with E-state index in [1.165, 1.54) is 11.8 Å². The Balaban J connectivity index is 1.58. The fourth-order valence-corrected chi connectivity index (χ4v) is 5.05. The number of ether oxygens (including phenoxy) is 3. The Kier molecular flexibility index (Phi) is 8.23. The van der Waals surface area contributed by atoms with E-state index in [2.05, 4.69) is 11.1 Å². The summed E-state index contributed by atoms with van der Waals surface area (Å²) in [6.07, 6.45) is 1.80. The summed E-state index contributed by atoms with van der Waals surface area (Å²) >= 11 is 7.90. The highest BCUT2D eigenvalue weighted by Crippen LogP contribution is 2.39. The van der Waals surface area contributed by atoms with Crippen LogP contribution in [0.3, 0.4) is 0 Å². The fraction of sp³-hybridized carbons (Fsp3) is 0.214. The number of carbonyl (C=O) groups excluding carboxylic acids is 1. The summed E-state index contributed by atoms with van der Waals surface area (Å²) in [5, 5.41) is 1.03. The molecule has 186 valence electrons. The van der Waals surface area contributed by atoms with E-state index < -0.39 is 0 Å². The third-order valence-electron chi connectivity index (χ3n) is 5.52. The maximum Gasteiger partial charge on any atom is 0.266 e. The van der Waals surface area contributed by atoms with E-state index in [1.54, 1.807) is 31.3 Å². The minimum Gasteiger partial charge on any atom is -0.497 e. The Morgan fingerprint density at radius 3 is 2.50 bits per heavy atom. The molecule has 1 heterocycles. The third-order valence-corrected chi connectivity index (χ3v) is 6.80. The van der Waals surface area contributed by atoms with Crippen molar-refractivity contribution >= 4 is 46.2 Å². The predicted molar refractivity (Wildman–Crippen MR) is 147 cm³/mol. The van der Waals surface area contributed by atoms with Crippen molar-refractivity contribution in [1.29, 1.82) is 0 Å². The molecule has 1 aliphatic rings. The van der Waals surface area contributed by atoms with Gasteiger partial charge in [0.2, 0.25) is 0 Å². The number of rotatable bonds is 8. The molecule has 3 aromatic rings. The molecule has 0 atom stereocenters. The van der Waals surface area contributed by atoms with Gasteiger partial charge in [-0.15, -0.1) is 0 Å². The SMILES string of the molecule is CCN1C(=O)/C(=C\c2cc(Cl)c(OCc3cccc(C)c3)c(OC)c2)SC1=Nc1ccc(OC)cc1. The molecule has 6 nitrogen and oxygen atoms in total. The number of thioether (sulfide) groups is 1. The monoisotopic (exact) mass is 522 g/mol. The highest BCUT2D eigenvalue weighted by molar-refractivity contribution is 8.18. The van der Waals surface area contributed by atoms with Crippen molar-refractivity contribution in [3.05, 3.63) is 87.3 Å². The zero-order valence-electron chi connectivity index (χ0n) is 20.6. The average Bonchev–Trinajstić information content (AvgIpc) is 3.16. The number of aryl methyl sites for hydroxylation is 1. The second-order valence-electron chi connectivity index (χ2n) is 8.06. The molecule has 1 fully saturated rings. The van der Waals surface area contributed by atoms with Crippen LogP contribution in [0.25, 0.3) is 6.08 Å². The van der Waals surface area contributed by atoms with Crippen LogP contribution in [0.15, 0.2) is 70.6 Å². The van der Waals surface area contributed by atoms with Gasteiger partial charge in [-0.1, -0.05) is 41.4 Å². The normalized spacial score (nSPS) is 15.6. The zero-order chi connectivity index (χ0) is 25.7. The van der Waals surface area contributed by atoms with Gasteiger partial charge in [-0.3, -0.25) is 9.69 Å². The molecule has 0 bridgehead atoms. The first-order chi connectivity index (χ1) is 17.4. The number of carbonyl (C=O) groups is 1. The van der Waals surface area contributed by atoms with Crippen LogP contribution >= 0.6 is 23.4 Å². The number of amidine groups is 1. The summed E-state index contributed by atoms with van der Waals surface area (Å²) < 4.78 is 16.8. The molecule has 0 unspecified atom stereocenters. The molecule has 0 radical (unpaired) electrons. The van der Waals surface area contributed by atoms with Gasteiger partial charge in [0.15, 0.2) is 16.7 Å². The van der Waals surface area contributed by atoms with E-state index in [-0.39, 0.29) is 5.91 Å². The lowest BCUT2D eigenvalue weighted by Crippen LogP contribution is -2.28. The minimum absolute atomic E-state index is 0.107. The van der Waals surface area contributed by atoms with Crippen LogP contribution < -0.4 is 14.2 Å². The molecular formula is C28H27ClN2O4S. The van der Waals surface area contributed by atoms with Crippen LogP contribution in [0.4, 0.5) is 5.69 Å². The van der Waals surface area contributed by atoms with E-state index in [9.17, 15) is 4.79 Å². The van der Waals surface area contributed by atoms with Crippen molar-refractivity contribution in [2.75, 3.05) is 20.8 Å². The molecule has 36 heavy (non-hydrogen) atoms. The van der Waals surface area contributed by atoms with E-state index >= 15 is 0 Å². The number of nitrogens with zero attached hydrogens (tertiary/aromatic N) is 2. The number of benzene rings is 3. The van der Waals surface area contributed by atoms with Crippen LogP contribution in [-0.4, -0.2) is 36.7 Å². The number of halogens is 1. The minimum atomic E-state index is -0.107. The van der Waals surface area contributed by atoms with Crippen LogP contribution in [0.1, 0.15) is 23.6 Å². The van der Waals surface area contributed by atoms with Crippen LogP contribution in [-0.2, 0) is 11.4 Å². The number of likely N-dealkylation sites (N-methyl/N-ethyl adjacent to an activating group) is 1. The number of hydrogen-bond donors (Lipinski definition) is 0.